The minimum absolute atomic E-state index is 0.238. The highest BCUT2D eigenvalue weighted by atomic mass is 16.5. The molecule has 134 valence electrons. The van der Waals surface area contributed by atoms with Crippen molar-refractivity contribution >= 4 is 16.3 Å². The number of rotatable bonds is 5. The number of allylic oxidation sites excluding steroid dienone is 1. The summed E-state index contributed by atoms with van der Waals surface area (Å²) >= 11 is 0. The second-order valence-corrected chi connectivity index (χ2v) is 8.10. The van der Waals surface area contributed by atoms with Gasteiger partial charge in [0.05, 0.1) is 17.3 Å². The summed E-state index contributed by atoms with van der Waals surface area (Å²) in [4.78, 5) is 0. The van der Waals surface area contributed by atoms with Crippen LogP contribution in [0.4, 0.5) is 0 Å². The third kappa shape index (κ3) is 3.38. The summed E-state index contributed by atoms with van der Waals surface area (Å²) in [6.07, 6.45) is 4.07. The fourth-order valence-corrected chi connectivity index (χ4v) is 3.96. The van der Waals surface area contributed by atoms with E-state index >= 15 is 0 Å². The van der Waals surface area contributed by atoms with Crippen LogP contribution in [-0.4, -0.2) is 16.8 Å². The van der Waals surface area contributed by atoms with Crippen LogP contribution < -0.4 is 0 Å². The third-order valence-electron chi connectivity index (χ3n) is 5.66. The summed E-state index contributed by atoms with van der Waals surface area (Å²) in [5, 5.41) is 12.9. The number of hydrogen-bond acceptors (Lipinski definition) is 2. The summed E-state index contributed by atoms with van der Waals surface area (Å²) in [6, 6.07) is 12.9. The standard InChI is InChI=1S/C23H30O2/c1-16(2)19-12-8-10-18-11-9-13-20(21(18)19)23(14-6-7-15-23)25-17(3)22(4,5)24/h8-13,17,24H,1,6-7,14-15H2,2-5H3. The van der Waals surface area contributed by atoms with Crippen molar-refractivity contribution in [3.8, 4) is 0 Å². The van der Waals surface area contributed by atoms with Crippen LogP contribution in [0.15, 0.2) is 43.0 Å². The Kier molecular flexibility index (Phi) is 4.78. The molecule has 2 aromatic rings. The maximum atomic E-state index is 10.4. The Morgan fingerprint density at radius 3 is 2.32 bits per heavy atom. The first-order chi connectivity index (χ1) is 11.7. The van der Waals surface area contributed by atoms with Gasteiger partial charge in [-0.2, -0.15) is 0 Å². The first-order valence-corrected chi connectivity index (χ1v) is 9.33. The van der Waals surface area contributed by atoms with E-state index in [9.17, 15) is 5.11 Å². The highest BCUT2D eigenvalue weighted by Crippen LogP contribution is 2.47. The molecular weight excluding hydrogens is 308 g/mol. The van der Waals surface area contributed by atoms with Crippen molar-refractivity contribution in [3.05, 3.63) is 54.1 Å². The van der Waals surface area contributed by atoms with Crippen LogP contribution in [0.5, 0.6) is 0 Å². The van der Waals surface area contributed by atoms with Gasteiger partial charge in [-0.15, -0.1) is 0 Å². The van der Waals surface area contributed by atoms with Crippen molar-refractivity contribution < 1.29 is 9.84 Å². The molecule has 0 saturated heterocycles. The Morgan fingerprint density at radius 1 is 1.16 bits per heavy atom. The predicted molar refractivity (Wildman–Crippen MR) is 106 cm³/mol. The molecule has 1 aliphatic carbocycles. The Bertz CT molecular complexity index is 771. The lowest BCUT2D eigenvalue weighted by atomic mass is 9.84. The molecule has 2 heteroatoms. The second-order valence-electron chi connectivity index (χ2n) is 8.10. The molecule has 0 heterocycles. The largest absolute Gasteiger partial charge is 0.388 e. The maximum Gasteiger partial charge on any atom is 0.0942 e. The van der Waals surface area contributed by atoms with Crippen LogP contribution in [0, 0.1) is 0 Å². The van der Waals surface area contributed by atoms with E-state index in [1.54, 1.807) is 0 Å². The third-order valence-corrected chi connectivity index (χ3v) is 5.66. The van der Waals surface area contributed by atoms with Gasteiger partial charge in [0.1, 0.15) is 0 Å². The molecule has 2 nitrogen and oxygen atoms in total. The Hall–Kier alpha value is -1.64. The molecule has 25 heavy (non-hydrogen) atoms. The van der Waals surface area contributed by atoms with Gasteiger partial charge in [-0.1, -0.05) is 61.4 Å². The molecule has 0 bridgehead atoms. The molecule has 1 atom stereocenters. The normalized spacial score (nSPS) is 18.4. The summed E-state index contributed by atoms with van der Waals surface area (Å²) < 4.78 is 6.61. The van der Waals surface area contributed by atoms with Gasteiger partial charge in [0.2, 0.25) is 0 Å². The van der Waals surface area contributed by atoms with Crippen LogP contribution in [-0.2, 0) is 10.3 Å². The van der Waals surface area contributed by atoms with E-state index in [2.05, 4.69) is 49.9 Å². The SMILES string of the molecule is C=C(C)c1cccc2cccc(C3(OC(C)C(C)(C)O)CCCC3)c12. The van der Waals surface area contributed by atoms with Crippen LogP contribution in [0.3, 0.4) is 0 Å². The van der Waals surface area contributed by atoms with Crippen molar-refractivity contribution in [1.29, 1.82) is 0 Å². The number of fused-ring (bicyclic) bond motifs is 1. The maximum absolute atomic E-state index is 10.4. The molecule has 3 rings (SSSR count). The van der Waals surface area contributed by atoms with Crippen molar-refractivity contribution in [2.45, 2.75) is 70.7 Å². The summed E-state index contributed by atoms with van der Waals surface area (Å²) in [5.74, 6) is 0. The molecular formula is C23H30O2. The molecule has 0 radical (unpaired) electrons. The number of aliphatic hydroxyl groups is 1. The first kappa shape index (κ1) is 18.2. The Balaban J connectivity index is 2.19. The van der Waals surface area contributed by atoms with E-state index in [4.69, 9.17) is 4.74 Å². The summed E-state index contributed by atoms with van der Waals surface area (Å²) in [6.45, 7) is 11.9. The zero-order chi connectivity index (χ0) is 18.2. The van der Waals surface area contributed by atoms with Gasteiger partial charge in [-0.3, -0.25) is 0 Å². The quantitative estimate of drug-likeness (QED) is 0.744. The molecule has 1 aliphatic rings. The molecule has 1 saturated carbocycles. The summed E-state index contributed by atoms with van der Waals surface area (Å²) in [7, 11) is 0. The van der Waals surface area contributed by atoms with Crippen LogP contribution in [0.25, 0.3) is 16.3 Å². The zero-order valence-corrected chi connectivity index (χ0v) is 15.9. The molecule has 2 aromatic carbocycles. The van der Waals surface area contributed by atoms with E-state index < -0.39 is 5.60 Å². The lowest BCUT2D eigenvalue weighted by molar-refractivity contribution is -0.158. The molecule has 1 unspecified atom stereocenters. The second kappa shape index (κ2) is 6.59. The Labute approximate surface area is 151 Å². The van der Waals surface area contributed by atoms with Crippen molar-refractivity contribution in [3.63, 3.8) is 0 Å². The predicted octanol–water partition coefficient (Wildman–Crippen LogP) is 5.82. The smallest absolute Gasteiger partial charge is 0.0942 e. The van der Waals surface area contributed by atoms with Crippen molar-refractivity contribution in [2.75, 3.05) is 0 Å². The molecule has 0 spiro atoms. The average molecular weight is 338 g/mol. The van der Waals surface area contributed by atoms with E-state index in [0.29, 0.717) is 0 Å². The van der Waals surface area contributed by atoms with E-state index in [1.165, 1.54) is 21.9 Å². The molecule has 1 fully saturated rings. The fraction of sp³-hybridized carbons (Fsp3) is 0.478. The van der Waals surface area contributed by atoms with Crippen LogP contribution in [0.2, 0.25) is 0 Å². The van der Waals surface area contributed by atoms with Crippen molar-refractivity contribution in [2.24, 2.45) is 0 Å². The van der Waals surface area contributed by atoms with E-state index in [0.717, 1.165) is 31.3 Å². The summed E-state index contributed by atoms with van der Waals surface area (Å²) in [5.41, 5.74) is 2.32. The average Bonchev–Trinajstić information content (AvgIpc) is 3.02. The lowest BCUT2D eigenvalue weighted by Gasteiger charge is -2.38. The van der Waals surface area contributed by atoms with Crippen molar-refractivity contribution in [1.82, 2.24) is 0 Å². The number of ether oxygens (including phenoxy) is 1. The highest BCUT2D eigenvalue weighted by Gasteiger charge is 2.42. The van der Waals surface area contributed by atoms with Crippen LogP contribution in [0.1, 0.15) is 64.5 Å². The van der Waals surface area contributed by atoms with Gasteiger partial charge in [0.15, 0.2) is 0 Å². The molecule has 0 aromatic heterocycles. The van der Waals surface area contributed by atoms with Gasteiger partial charge in [-0.05, 0) is 62.4 Å². The number of benzene rings is 2. The highest BCUT2D eigenvalue weighted by molar-refractivity contribution is 5.96. The zero-order valence-electron chi connectivity index (χ0n) is 15.9. The first-order valence-electron chi connectivity index (χ1n) is 9.33. The minimum atomic E-state index is -0.864. The van der Waals surface area contributed by atoms with Gasteiger partial charge >= 0.3 is 0 Å². The molecule has 0 amide bonds. The van der Waals surface area contributed by atoms with E-state index in [1.807, 2.05) is 20.8 Å². The van der Waals surface area contributed by atoms with Gasteiger partial charge < -0.3 is 9.84 Å². The monoisotopic (exact) mass is 338 g/mol. The fourth-order valence-electron chi connectivity index (χ4n) is 3.96. The molecule has 1 N–H and O–H groups in total. The van der Waals surface area contributed by atoms with Crippen LogP contribution >= 0.6 is 0 Å². The number of hydrogen-bond donors (Lipinski definition) is 1. The lowest BCUT2D eigenvalue weighted by Crippen LogP contribution is -2.42. The minimum Gasteiger partial charge on any atom is -0.388 e. The topological polar surface area (TPSA) is 29.5 Å². The Morgan fingerprint density at radius 2 is 1.76 bits per heavy atom. The molecule has 0 aliphatic heterocycles. The van der Waals surface area contributed by atoms with Gasteiger partial charge in [0.25, 0.3) is 0 Å². The van der Waals surface area contributed by atoms with Gasteiger partial charge in [-0.25, -0.2) is 0 Å². The van der Waals surface area contributed by atoms with Gasteiger partial charge in [0, 0.05) is 0 Å². The van der Waals surface area contributed by atoms with E-state index in [-0.39, 0.29) is 11.7 Å².